The number of benzene rings is 2. The summed E-state index contributed by atoms with van der Waals surface area (Å²) < 4.78 is 0. The van der Waals surface area contributed by atoms with Gasteiger partial charge in [-0.25, -0.2) is 0 Å². The standard InChI is InChI=1S/C12H11.Rh/c1-2-10-7-8-11-5-3-4-6-12(11)9-10;/h4-9H,2H2,1H3;/q-1;. The maximum absolute atomic E-state index is 3.07. The maximum Gasteiger partial charge on any atom is 0 e. The summed E-state index contributed by atoms with van der Waals surface area (Å²) in [6, 6.07) is 15.7. The van der Waals surface area contributed by atoms with E-state index < -0.39 is 0 Å². The van der Waals surface area contributed by atoms with Crippen LogP contribution in [0, 0.1) is 6.07 Å². The summed E-state index contributed by atoms with van der Waals surface area (Å²) in [6.07, 6.45) is 1.11. The fourth-order valence-electron chi connectivity index (χ4n) is 1.40. The Labute approximate surface area is 91.7 Å². The predicted octanol–water partition coefficient (Wildman–Crippen LogP) is 3.20. The zero-order valence-electron chi connectivity index (χ0n) is 7.50. The minimum atomic E-state index is 0. The molecule has 0 heterocycles. The molecule has 0 fully saturated rings. The van der Waals surface area contributed by atoms with Crippen molar-refractivity contribution < 1.29 is 19.5 Å². The van der Waals surface area contributed by atoms with Crippen molar-refractivity contribution in [3.05, 3.63) is 48.0 Å². The Balaban J connectivity index is 0.000000845. The molecule has 0 aliphatic rings. The molecule has 2 rings (SSSR count). The van der Waals surface area contributed by atoms with Gasteiger partial charge in [0, 0.05) is 19.5 Å². The summed E-state index contributed by atoms with van der Waals surface area (Å²) in [5.74, 6) is 0. The molecular weight excluding hydrogens is 247 g/mol. The van der Waals surface area contributed by atoms with E-state index in [-0.39, 0.29) is 19.5 Å². The van der Waals surface area contributed by atoms with Crippen LogP contribution in [-0.2, 0) is 25.9 Å². The molecule has 0 bridgehead atoms. The summed E-state index contributed by atoms with van der Waals surface area (Å²) in [5.41, 5.74) is 1.40. The van der Waals surface area contributed by atoms with Crippen molar-refractivity contribution in [1.82, 2.24) is 0 Å². The van der Waals surface area contributed by atoms with E-state index in [9.17, 15) is 0 Å². The Bertz CT molecular complexity index is 393. The van der Waals surface area contributed by atoms with Gasteiger partial charge in [-0.05, 0) is 6.42 Å². The molecule has 13 heavy (non-hydrogen) atoms. The quantitative estimate of drug-likeness (QED) is 0.544. The normalized spacial score (nSPS) is 9.62. The van der Waals surface area contributed by atoms with Crippen molar-refractivity contribution in [2.45, 2.75) is 13.3 Å². The van der Waals surface area contributed by atoms with Gasteiger partial charge in [0.25, 0.3) is 0 Å². The van der Waals surface area contributed by atoms with Crippen molar-refractivity contribution in [3.63, 3.8) is 0 Å². The van der Waals surface area contributed by atoms with Crippen LogP contribution in [0.15, 0.2) is 36.4 Å². The van der Waals surface area contributed by atoms with E-state index in [1.165, 1.54) is 16.3 Å². The number of aryl methyl sites for hydroxylation is 1. The molecule has 0 atom stereocenters. The van der Waals surface area contributed by atoms with Gasteiger partial charge in [0.05, 0.1) is 0 Å². The maximum atomic E-state index is 3.07. The van der Waals surface area contributed by atoms with Gasteiger partial charge in [-0.3, -0.25) is 0 Å². The van der Waals surface area contributed by atoms with Gasteiger partial charge < -0.3 is 0 Å². The van der Waals surface area contributed by atoms with Crippen LogP contribution in [0.2, 0.25) is 0 Å². The Morgan fingerprint density at radius 1 is 1.15 bits per heavy atom. The summed E-state index contributed by atoms with van der Waals surface area (Å²) >= 11 is 0. The van der Waals surface area contributed by atoms with Crippen LogP contribution in [0.25, 0.3) is 10.8 Å². The Morgan fingerprint density at radius 3 is 2.77 bits per heavy atom. The molecule has 0 aliphatic heterocycles. The van der Waals surface area contributed by atoms with Crippen LogP contribution >= 0.6 is 0 Å². The third-order valence-electron chi connectivity index (χ3n) is 2.16. The first-order valence-corrected chi connectivity index (χ1v) is 4.29. The molecule has 0 unspecified atom stereocenters. The zero-order valence-corrected chi connectivity index (χ0v) is 9.14. The van der Waals surface area contributed by atoms with Gasteiger partial charge in [0.2, 0.25) is 0 Å². The molecule has 1 radical (unpaired) electrons. The van der Waals surface area contributed by atoms with Crippen molar-refractivity contribution >= 4 is 10.8 Å². The van der Waals surface area contributed by atoms with Crippen LogP contribution in [0.5, 0.6) is 0 Å². The van der Waals surface area contributed by atoms with E-state index in [4.69, 9.17) is 0 Å². The Hall–Kier alpha value is -0.677. The number of fused-ring (bicyclic) bond motifs is 1. The third kappa shape index (κ3) is 2.16. The van der Waals surface area contributed by atoms with E-state index in [0.29, 0.717) is 0 Å². The first-order chi connectivity index (χ1) is 5.90. The molecule has 0 amide bonds. The van der Waals surface area contributed by atoms with Crippen molar-refractivity contribution in [1.29, 1.82) is 0 Å². The topological polar surface area (TPSA) is 0 Å². The van der Waals surface area contributed by atoms with Gasteiger partial charge >= 0.3 is 0 Å². The molecule has 0 aromatic heterocycles. The summed E-state index contributed by atoms with van der Waals surface area (Å²) in [5, 5.41) is 2.59. The van der Waals surface area contributed by atoms with Crippen molar-refractivity contribution in [2.75, 3.05) is 0 Å². The monoisotopic (exact) mass is 258 g/mol. The zero-order chi connectivity index (χ0) is 8.39. The molecule has 0 nitrogen and oxygen atoms in total. The average molecular weight is 258 g/mol. The second kappa shape index (κ2) is 4.53. The second-order valence-corrected chi connectivity index (χ2v) is 2.96. The molecule has 2 aromatic carbocycles. The predicted molar refractivity (Wildman–Crippen MR) is 52.2 cm³/mol. The van der Waals surface area contributed by atoms with Crippen LogP contribution in [0.1, 0.15) is 12.5 Å². The largest absolute Gasteiger partial charge is 0.183 e. The minimum absolute atomic E-state index is 0. The van der Waals surface area contributed by atoms with Gasteiger partial charge in [0.1, 0.15) is 0 Å². The van der Waals surface area contributed by atoms with Crippen molar-refractivity contribution in [3.8, 4) is 0 Å². The fraction of sp³-hybridized carbons (Fsp3) is 0.167. The van der Waals surface area contributed by atoms with E-state index in [1.54, 1.807) is 0 Å². The molecule has 1 heteroatoms. The summed E-state index contributed by atoms with van der Waals surface area (Å²) in [6.45, 7) is 2.18. The third-order valence-corrected chi connectivity index (χ3v) is 2.16. The van der Waals surface area contributed by atoms with Crippen LogP contribution in [0.4, 0.5) is 0 Å². The van der Waals surface area contributed by atoms with Crippen molar-refractivity contribution in [2.24, 2.45) is 0 Å². The smallest absolute Gasteiger partial charge is 0 e. The SMILES string of the molecule is CCc1ccc2c[c-]ccc2c1.[Rh]. The molecular formula is C12H11Rh-. The number of hydrogen-bond donors (Lipinski definition) is 0. The molecule has 0 saturated heterocycles. The molecule has 0 saturated carbocycles. The average Bonchev–Trinajstić information content (AvgIpc) is 2.17. The van der Waals surface area contributed by atoms with Gasteiger partial charge in [0.15, 0.2) is 0 Å². The Morgan fingerprint density at radius 2 is 2.00 bits per heavy atom. The molecule has 0 N–H and O–H groups in total. The van der Waals surface area contributed by atoms with Gasteiger partial charge in [-0.15, -0.1) is 16.8 Å². The molecule has 2 aromatic rings. The summed E-state index contributed by atoms with van der Waals surface area (Å²) in [7, 11) is 0. The first kappa shape index (κ1) is 10.4. The molecule has 0 aliphatic carbocycles. The second-order valence-electron chi connectivity index (χ2n) is 2.96. The Kier molecular flexibility index (Phi) is 3.62. The van der Waals surface area contributed by atoms with E-state index >= 15 is 0 Å². The minimum Gasteiger partial charge on any atom is -0.183 e. The number of hydrogen-bond acceptors (Lipinski definition) is 0. The molecule has 69 valence electrons. The van der Waals surface area contributed by atoms with Crippen LogP contribution in [-0.4, -0.2) is 0 Å². The van der Waals surface area contributed by atoms with Gasteiger partial charge in [-0.2, -0.15) is 24.3 Å². The fourth-order valence-corrected chi connectivity index (χ4v) is 1.40. The summed E-state index contributed by atoms with van der Waals surface area (Å²) in [4.78, 5) is 0. The van der Waals surface area contributed by atoms with E-state index in [0.717, 1.165) is 6.42 Å². The number of rotatable bonds is 1. The molecule has 0 spiro atoms. The van der Waals surface area contributed by atoms with Crippen LogP contribution in [0.3, 0.4) is 0 Å². The van der Waals surface area contributed by atoms with Gasteiger partial charge in [-0.1, -0.05) is 24.6 Å². The first-order valence-electron chi connectivity index (χ1n) is 4.29. The van der Waals surface area contributed by atoms with Crippen LogP contribution < -0.4 is 0 Å². The van der Waals surface area contributed by atoms with E-state index in [1.807, 2.05) is 12.1 Å². The van der Waals surface area contributed by atoms with E-state index in [2.05, 4.69) is 37.3 Å².